The molecule has 1 aliphatic heterocycles. The first-order valence-corrected chi connectivity index (χ1v) is 9.48. The first-order valence-electron chi connectivity index (χ1n) is 7.85. The predicted molar refractivity (Wildman–Crippen MR) is 107 cm³/mol. The summed E-state index contributed by atoms with van der Waals surface area (Å²) in [7, 11) is 0. The number of imide groups is 1. The van der Waals surface area contributed by atoms with Crippen LogP contribution in [0.2, 0.25) is 10.0 Å². The maximum atomic E-state index is 14.1. The Hall–Kier alpha value is -3.21. The Morgan fingerprint density at radius 1 is 1.20 bits per heavy atom. The van der Waals surface area contributed by atoms with Gasteiger partial charge in [0.2, 0.25) is 0 Å². The summed E-state index contributed by atoms with van der Waals surface area (Å²) in [6.07, 6.45) is 1.15. The maximum Gasteiger partial charge on any atom is 0.336 e. The quantitative estimate of drug-likeness (QED) is 0.398. The van der Waals surface area contributed by atoms with Gasteiger partial charge >= 0.3 is 18.0 Å². The number of esters is 1. The van der Waals surface area contributed by atoms with Crippen molar-refractivity contribution in [2.45, 2.75) is 0 Å². The van der Waals surface area contributed by atoms with Crippen LogP contribution < -0.4 is 10.6 Å². The van der Waals surface area contributed by atoms with Crippen molar-refractivity contribution < 1.29 is 33.4 Å². The summed E-state index contributed by atoms with van der Waals surface area (Å²) in [6.45, 7) is 0. The number of aliphatic carboxylic acids is 1. The van der Waals surface area contributed by atoms with Crippen LogP contribution in [0.1, 0.15) is 10.4 Å². The molecule has 2 heterocycles. The second-order valence-corrected chi connectivity index (χ2v) is 7.44. The van der Waals surface area contributed by atoms with Gasteiger partial charge < -0.3 is 15.6 Å². The van der Waals surface area contributed by atoms with E-state index in [-0.39, 0.29) is 37.5 Å². The van der Waals surface area contributed by atoms with Crippen LogP contribution in [0.15, 0.2) is 35.7 Å². The van der Waals surface area contributed by atoms with E-state index >= 15 is 0 Å². The zero-order valence-corrected chi connectivity index (χ0v) is 16.8. The zero-order chi connectivity index (χ0) is 22.2. The molecule has 2 aromatic rings. The van der Waals surface area contributed by atoms with Gasteiger partial charge in [-0.1, -0.05) is 23.2 Å². The van der Waals surface area contributed by atoms with Crippen molar-refractivity contribution in [2.24, 2.45) is 5.73 Å². The molecule has 1 aromatic heterocycles. The summed E-state index contributed by atoms with van der Waals surface area (Å²) >= 11 is 12.7. The number of amides is 3. The summed E-state index contributed by atoms with van der Waals surface area (Å²) < 4.78 is 19.3. The Labute approximate surface area is 181 Å². The van der Waals surface area contributed by atoms with E-state index in [9.17, 15) is 23.6 Å². The van der Waals surface area contributed by atoms with E-state index in [2.05, 4.69) is 0 Å². The van der Waals surface area contributed by atoms with Crippen molar-refractivity contribution in [1.29, 1.82) is 0 Å². The standard InChI is InChI=1S/C18H9Cl2FN2O6S/c19-7-3-12(30-6-7)16(29-14(26)2-1-13(24)25)15-8-4-10(21)9(20)5-11(8)23(17(15)27)18(22)28/h1-6H,(H2,22,28)(H,24,25)/b2-1+,16-15+. The van der Waals surface area contributed by atoms with Crippen LogP contribution in [0.5, 0.6) is 0 Å². The number of urea groups is 1. The lowest BCUT2D eigenvalue weighted by Gasteiger charge is -2.12. The molecule has 154 valence electrons. The first-order chi connectivity index (χ1) is 14.1. The van der Waals surface area contributed by atoms with Gasteiger partial charge in [-0.2, -0.15) is 0 Å². The van der Waals surface area contributed by atoms with E-state index in [1.165, 1.54) is 11.4 Å². The highest BCUT2D eigenvalue weighted by atomic mass is 35.5. The number of hydrogen-bond donors (Lipinski definition) is 2. The molecule has 0 fully saturated rings. The number of thiophene rings is 1. The van der Waals surface area contributed by atoms with E-state index in [4.69, 9.17) is 38.8 Å². The minimum atomic E-state index is -1.40. The predicted octanol–water partition coefficient (Wildman–Crippen LogP) is 3.67. The highest BCUT2D eigenvalue weighted by molar-refractivity contribution is 7.11. The number of ether oxygens (including phenoxy) is 1. The molecule has 3 rings (SSSR count). The molecule has 1 aliphatic rings. The van der Waals surface area contributed by atoms with Crippen molar-refractivity contribution in [3.05, 3.63) is 62.0 Å². The molecule has 0 atom stereocenters. The number of nitrogens with two attached hydrogens (primary N) is 1. The molecule has 0 saturated carbocycles. The fourth-order valence-corrected chi connectivity index (χ4v) is 3.85. The molecule has 3 amide bonds. The van der Waals surface area contributed by atoms with Crippen molar-refractivity contribution in [2.75, 3.05) is 4.90 Å². The molecule has 0 aliphatic carbocycles. The molecule has 30 heavy (non-hydrogen) atoms. The van der Waals surface area contributed by atoms with E-state index in [1.807, 2.05) is 0 Å². The summed E-state index contributed by atoms with van der Waals surface area (Å²) in [5.74, 6) is -4.78. The normalized spacial score (nSPS) is 14.8. The number of fused-ring (bicyclic) bond motifs is 1. The molecular formula is C18H9Cl2FN2O6S. The zero-order valence-electron chi connectivity index (χ0n) is 14.5. The van der Waals surface area contributed by atoms with E-state index < -0.39 is 29.7 Å². The van der Waals surface area contributed by atoms with Crippen LogP contribution in [-0.2, 0) is 19.1 Å². The fraction of sp³-hybridized carbons (Fsp3) is 0. The van der Waals surface area contributed by atoms with Gasteiger partial charge in [-0.25, -0.2) is 23.7 Å². The number of nitrogens with zero attached hydrogens (tertiary/aromatic N) is 1. The maximum absolute atomic E-state index is 14.1. The van der Waals surface area contributed by atoms with Crippen molar-refractivity contribution in [1.82, 2.24) is 0 Å². The SMILES string of the molecule is NC(=O)N1C(=O)/C(=C(/OC(=O)/C=C/C(=O)O)c2cc(Cl)cs2)c2cc(F)c(Cl)cc21. The van der Waals surface area contributed by atoms with Gasteiger partial charge in [-0.05, 0) is 18.2 Å². The van der Waals surface area contributed by atoms with Gasteiger partial charge in [0.1, 0.15) is 5.82 Å². The van der Waals surface area contributed by atoms with Gasteiger partial charge in [-0.15, -0.1) is 11.3 Å². The number of benzene rings is 1. The lowest BCUT2D eigenvalue weighted by atomic mass is 10.0. The molecule has 0 saturated heterocycles. The third-order valence-corrected chi connectivity index (χ3v) is 5.34. The summed E-state index contributed by atoms with van der Waals surface area (Å²) in [6, 6.07) is 2.13. The summed E-state index contributed by atoms with van der Waals surface area (Å²) in [4.78, 5) is 48.3. The Balaban J connectivity index is 2.27. The van der Waals surface area contributed by atoms with Crippen LogP contribution in [0.4, 0.5) is 14.9 Å². The highest BCUT2D eigenvalue weighted by Crippen LogP contribution is 2.44. The molecule has 12 heteroatoms. The van der Waals surface area contributed by atoms with Gasteiger partial charge in [0.05, 0.1) is 26.2 Å². The largest absolute Gasteiger partial charge is 0.478 e. The highest BCUT2D eigenvalue weighted by Gasteiger charge is 2.40. The second-order valence-electron chi connectivity index (χ2n) is 5.69. The Bertz CT molecular complexity index is 1170. The van der Waals surface area contributed by atoms with Gasteiger partial charge in [-0.3, -0.25) is 4.79 Å². The lowest BCUT2D eigenvalue weighted by molar-refractivity contribution is -0.134. The van der Waals surface area contributed by atoms with Crippen LogP contribution in [0, 0.1) is 5.82 Å². The summed E-state index contributed by atoms with van der Waals surface area (Å²) in [5, 5.41) is 10.0. The van der Waals surface area contributed by atoms with Crippen LogP contribution in [0.25, 0.3) is 11.3 Å². The van der Waals surface area contributed by atoms with Crippen LogP contribution in [-0.4, -0.2) is 29.0 Å². The van der Waals surface area contributed by atoms with Gasteiger partial charge in [0, 0.05) is 23.1 Å². The first kappa shape index (κ1) is 21.5. The Morgan fingerprint density at radius 2 is 1.90 bits per heavy atom. The van der Waals surface area contributed by atoms with E-state index in [0.717, 1.165) is 23.5 Å². The van der Waals surface area contributed by atoms with Gasteiger partial charge in [0.25, 0.3) is 5.91 Å². The summed E-state index contributed by atoms with van der Waals surface area (Å²) in [5.41, 5.74) is 4.72. The van der Waals surface area contributed by atoms with Crippen molar-refractivity contribution in [3.63, 3.8) is 0 Å². The third-order valence-electron chi connectivity index (χ3n) is 3.77. The number of hydrogen-bond acceptors (Lipinski definition) is 6. The molecule has 3 N–H and O–H groups in total. The molecule has 1 aromatic carbocycles. The average molecular weight is 471 g/mol. The average Bonchev–Trinajstić information content (AvgIpc) is 3.19. The number of carboxylic acid groups (broad SMARTS) is 1. The number of carboxylic acids is 1. The molecule has 0 unspecified atom stereocenters. The minimum Gasteiger partial charge on any atom is -0.478 e. The molecule has 0 radical (unpaired) electrons. The van der Waals surface area contributed by atoms with Crippen molar-refractivity contribution >= 4 is 75.4 Å². The Morgan fingerprint density at radius 3 is 2.47 bits per heavy atom. The number of primary amides is 1. The number of carbonyl (C=O) groups excluding carboxylic acids is 3. The molecule has 0 spiro atoms. The lowest BCUT2D eigenvalue weighted by Crippen LogP contribution is -2.38. The molecule has 0 bridgehead atoms. The monoisotopic (exact) mass is 470 g/mol. The van der Waals surface area contributed by atoms with Crippen LogP contribution >= 0.6 is 34.5 Å². The topological polar surface area (TPSA) is 127 Å². The second kappa shape index (κ2) is 8.27. The molecule has 8 nitrogen and oxygen atoms in total. The smallest absolute Gasteiger partial charge is 0.336 e. The number of anilines is 1. The number of rotatable bonds is 4. The third kappa shape index (κ3) is 4.06. The number of carbonyl (C=O) groups is 4. The van der Waals surface area contributed by atoms with Crippen molar-refractivity contribution in [3.8, 4) is 0 Å². The van der Waals surface area contributed by atoms with Crippen LogP contribution in [0.3, 0.4) is 0 Å². The van der Waals surface area contributed by atoms with E-state index in [1.54, 1.807) is 0 Å². The fourth-order valence-electron chi connectivity index (χ4n) is 2.63. The number of halogens is 3. The minimum absolute atomic E-state index is 0.102. The van der Waals surface area contributed by atoms with Gasteiger partial charge in [0.15, 0.2) is 5.76 Å². The van der Waals surface area contributed by atoms with E-state index in [0.29, 0.717) is 17.1 Å². The molecular weight excluding hydrogens is 462 g/mol. The Kier molecular flexibility index (Phi) is 5.92.